The van der Waals surface area contributed by atoms with Crippen molar-refractivity contribution in [3.8, 4) is 0 Å². The molecule has 1 heterocycles. The van der Waals surface area contributed by atoms with Gasteiger partial charge in [0.15, 0.2) is 0 Å². The molecule has 0 bridgehead atoms. The van der Waals surface area contributed by atoms with E-state index in [1.54, 1.807) is 4.90 Å². The van der Waals surface area contributed by atoms with Gasteiger partial charge >= 0.3 is 0 Å². The first kappa shape index (κ1) is 12.5. The monoisotopic (exact) mass is 214 g/mol. The number of carbonyl (C=O) groups excluding carboxylic acids is 1. The third kappa shape index (κ3) is 4.18. The number of nitrogens with zero attached hydrogens (tertiary/aromatic N) is 1. The summed E-state index contributed by atoms with van der Waals surface area (Å²) in [6, 6.07) is 0.0362. The van der Waals surface area contributed by atoms with Crippen molar-refractivity contribution >= 4 is 5.91 Å². The molecule has 1 fully saturated rings. The quantitative estimate of drug-likeness (QED) is 0.729. The van der Waals surface area contributed by atoms with E-state index in [1.165, 1.54) is 0 Å². The van der Waals surface area contributed by atoms with Gasteiger partial charge in [0.1, 0.15) is 0 Å². The second-order valence-electron chi connectivity index (χ2n) is 4.33. The van der Waals surface area contributed by atoms with Crippen LogP contribution in [0, 0.1) is 0 Å². The molecule has 0 aromatic heterocycles. The van der Waals surface area contributed by atoms with Crippen molar-refractivity contribution in [3.05, 3.63) is 0 Å². The Morgan fingerprint density at radius 2 is 2.33 bits per heavy atom. The largest absolute Gasteiger partial charge is 0.377 e. The minimum absolute atomic E-state index is 0.0362. The van der Waals surface area contributed by atoms with Crippen molar-refractivity contribution in [2.24, 2.45) is 0 Å². The SMILES string of the molecule is CC(C)OCCN(C)C(=O)[C@@H]1CCCN1. The molecule has 0 saturated carbocycles. The predicted octanol–water partition coefficient (Wildman–Crippen LogP) is 0.622. The summed E-state index contributed by atoms with van der Waals surface area (Å²) < 4.78 is 5.41. The maximum atomic E-state index is 11.8. The highest BCUT2D eigenvalue weighted by Crippen LogP contribution is 2.07. The van der Waals surface area contributed by atoms with Crippen LogP contribution in [-0.2, 0) is 9.53 Å². The molecule has 0 radical (unpaired) electrons. The maximum Gasteiger partial charge on any atom is 0.239 e. The highest BCUT2D eigenvalue weighted by Gasteiger charge is 2.24. The van der Waals surface area contributed by atoms with Gasteiger partial charge in [-0.3, -0.25) is 4.79 Å². The van der Waals surface area contributed by atoms with Gasteiger partial charge in [-0.15, -0.1) is 0 Å². The molecule has 1 aliphatic heterocycles. The average Bonchev–Trinajstić information content (AvgIpc) is 2.68. The summed E-state index contributed by atoms with van der Waals surface area (Å²) >= 11 is 0. The Kier molecular flexibility index (Phi) is 5.05. The van der Waals surface area contributed by atoms with E-state index >= 15 is 0 Å². The maximum absolute atomic E-state index is 11.8. The van der Waals surface area contributed by atoms with Gasteiger partial charge in [-0.25, -0.2) is 0 Å². The summed E-state index contributed by atoms with van der Waals surface area (Å²) in [6.07, 6.45) is 2.30. The van der Waals surface area contributed by atoms with Crippen LogP contribution < -0.4 is 5.32 Å². The van der Waals surface area contributed by atoms with E-state index in [9.17, 15) is 4.79 Å². The second kappa shape index (κ2) is 6.08. The van der Waals surface area contributed by atoms with Crippen LogP contribution in [0.1, 0.15) is 26.7 Å². The number of rotatable bonds is 5. The molecular formula is C11H22N2O2. The zero-order chi connectivity index (χ0) is 11.3. The summed E-state index contributed by atoms with van der Waals surface area (Å²) in [5, 5.41) is 3.20. The van der Waals surface area contributed by atoms with E-state index in [1.807, 2.05) is 20.9 Å². The Hall–Kier alpha value is -0.610. The van der Waals surface area contributed by atoms with Crippen LogP contribution in [0.25, 0.3) is 0 Å². The molecule has 15 heavy (non-hydrogen) atoms. The molecule has 0 spiro atoms. The predicted molar refractivity (Wildman–Crippen MR) is 59.7 cm³/mol. The van der Waals surface area contributed by atoms with Crippen molar-refractivity contribution in [3.63, 3.8) is 0 Å². The molecule has 0 aromatic carbocycles. The second-order valence-corrected chi connectivity index (χ2v) is 4.33. The number of likely N-dealkylation sites (N-methyl/N-ethyl adjacent to an activating group) is 1. The molecule has 1 N–H and O–H groups in total. The highest BCUT2D eigenvalue weighted by molar-refractivity contribution is 5.81. The van der Waals surface area contributed by atoms with Crippen molar-refractivity contribution in [1.82, 2.24) is 10.2 Å². The average molecular weight is 214 g/mol. The molecule has 0 aliphatic carbocycles. The lowest BCUT2D eigenvalue weighted by atomic mass is 10.2. The molecule has 1 atom stereocenters. The first-order valence-corrected chi connectivity index (χ1v) is 5.71. The number of ether oxygens (including phenoxy) is 1. The minimum atomic E-state index is 0.0362. The van der Waals surface area contributed by atoms with Gasteiger partial charge in [-0.2, -0.15) is 0 Å². The zero-order valence-electron chi connectivity index (χ0n) is 9.95. The van der Waals surface area contributed by atoms with Crippen molar-refractivity contribution in [2.45, 2.75) is 38.8 Å². The van der Waals surface area contributed by atoms with E-state index in [0.29, 0.717) is 13.2 Å². The lowest BCUT2D eigenvalue weighted by molar-refractivity contribution is -0.132. The number of nitrogens with one attached hydrogen (secondary N) is 1. The minimum Gasteiger partial charge on any atom is -0.377 e. The Balaban J connectivity index is 2.20. The fraction of sp³-hybridized carbons (Fsp3) is 0.909. The summed E-state index contributed by atoms with van der Waals surface area (Å²) in [5.41, 5.74) is 0. The van der Waals surface area contributed by atoms with E-state index in [-0.39, 0.29) is 18.1 Å². The number of hydrogen-bond donors (Lipinski definition) is 1. The first-order chi connectivity index (χ1) is 7.11. The Morgan fingerprint density at radius 3 is 2.87 bits per heavy atom. The molecule has 4 nitrogen and oxygen atoms in total. The van der Waals surface area contributed by atoms with Crippen LogP contribution in [0.2, 0.25) is 0 Å². The van der Waals surface area contributed by atoms with Gasteiger partial charge in [-0.1, -0.05) is 0 Å². The smallest absolute Gasteiger partial charge is 0.239 e. The molecule has 1 aliphatic rings. The Labute approximate surface area is 92.0 Å². The Bertz CT molecular complexity index is 201. The van der Waals surface area contributed by atoms with Gasteiger partial charge in [0.05, 0.1) is 18.8 Å². The van der Waals surface area contributed by atoms with E-state index in [4.69, 9.17) is 4.74 Å². The lowest BCUT2D eigenvalue weighted by Crippen LogP contribution is -2.42. The number of carbonyl (C=O) groups is 1. The normalized spacial score (nSPS) is 20.9. The van der Waals surface area contributed by atoms with Crippen LogP contribution in [0.4, 0.5) is 0 Å². The van der Waals surface area contributed by atoms with Crippen LogP contribution in [0.15, 0.2) is 0 Å². The fourth-order valence-corrected chi connectivity index (χ4v) is 1.70. The van der Waals surface area contributed by atoms with E-state index < -0.39 is 0 Å². The molecular weight excluding hydrogens is 192 g/mol. The van der Waals surface area contributed by atoms with Crippen molar-refractivity contribution in [1.29, 1.82) is 0 Å². The topological polar surface area (TPSA) is 41.6 Å². The zero-order valence-corrected chi connectivity index (χ0v) is 9.95. The molecule has 0 aromatic rings. The van der Waals surface area contributed by atoms with Gasteiger partial charge in [0.25, 0.3) is 0 Å². The highest BCUT2D eigenvalue weighted by atomic mass is 16.5. The molecule has 1 amide bonds. The van der Waals surface area contributed by atoms with E-state index in [0.717, 1.165) is 19.4 Å². The summed E-state index contributed by atoms with van der Waals surface area (Å²) in [5.74, 6) is 0.194. The van der Waals surface area contributed by atoms with Gasteiger partial charge < -0.3 is 15.0 Å². The van der Waals surface area contributed by atoms with Crippen molar-refractivity contribution in [2.75, 3.05) is 26.7 Å². The first-order valence-electron chi connectivity index (χ1n) is 5.71. The molecule has 1 rings (SSSR count). The standard InChI is InChI=1S/C11H22N2O2/c1-9(2)15-8-7-13(3)11(14)10-5-4-6-12-10/h9-10,12H,4-8H2,1-3H3/t10-/m0/s1. The molecule has 4 heteroatoms. The third-order valence-electron chi connectivity index (χ3n) is 2.61. The van der Waals surface area contributed by atoms with Crippen LogP contribution in [0.5, 0.6) is 0 Å². The summed E-state index contributed by atoms with van der Waals surface area (Å²) in [7, 11) is 1.84. The number of hydrogen-bond acceptors (Lipinski definition) is 3. The molecule has 0 unspecified atom stereocenters. The van der Waals surface area contributed by atoms with Gasteiger partial charge in [0.2, 0.25) is 5.91 Å². The summed E-state index contributed by atoms with van der Waals surface area (Å²) in [4.78, 5) is 13.6. The van der Waals surface area contributed by atoms with Gasteiger partial charge in [0, 0.05) is 13.6 Å². The summed E-state index contributed by atoms with van der Waals surface area (Å²) in [6.45, 7) is 6.26. The van der Waals surface area contributed by atoms with Crippen LogP contribution in [0.3, 0.4) is 0 Å². The fourth-order valence-electron chi connectivity index (χ4n) is 1.70. The third-order valence-corrected chi connectivity index (χ3v) is 2.61. The van der Waals surface area contributed by atoms with Crippen LogP contribution in [-0.4, -0.2) is 49.7 Å². The van der Waals surface area contributed by atoms with E-state index in [2.05, 4.69) is 5.32 Å². The number of amides is 1. The molecule has 1 saturated heterocycles. The lowest BCUT2D eigenvalue weighted by Gasteiger charge is -2.21. The van der Waals surface area contributed by atoms with Crippen molar-refractivity contribution < 1.29 is 9.53 Å². The Morgan fingerprint density at radius 1 is 1.60 bits per heavy atom. The van der Waals surface area contributed by atoms with Gasteiger partial charge in [-0.05, 0) is 33.2 Å². The van der Waals surface area contributed by atoms with Crippen LogP contribution >= 0.6 is 0 Å². The molecule has 88 valence electrons.